The lowest BCUT2D eigenvalue weighted by atomic mass is 10.0. The average molecular weight is 436 g/mol. The maximum Gasteiger partial charge on any atom is 0.347 e. The van der Waals surface area contributed by atoms with E-state index in [1.807, 2.05) is 30.3 Å². The lowest BCUT2D eigenvalue weighted by Gasteiger charge is -2.33. The van der Waals surface area contributed by atoms with Crippen LogP contribution in [-0.2, 0) is 20.1 Å². The summed E-state index contributed by atoms with van der Waals surface area (Å²) in [5.74, 6) is 0.960. The number of anilines is 1. The molecule has 2 aromatic carbocycles. The number of ether oxygens (including phenoxy) is 1. The molecule has 0 unspecified atom stereocenters. The lowest BCUT2D eigenvalue weighted by molar-refractivity contribution is 0.208. The smallest absolute Gasteiger partial charge is 0.347 e. The summed E-state index contributed by atoms with van der Waals surface area (Å²) in [6, 6.07) is 17.9. The van der Waals surface area contributed by atoms with Crippen LogP contribution < -0.4 is 21.3 Å². The van der Waals surface area contributed by atoms with Gasteiger partial charge in [0.25, 0.3) is 5.56 Å². The topological polar surface area (TPSA) is 81.4 Å². The molecule has 1 aromatic heterocycles. The van der Waals surface area contributed by atoms with E-state index in [0.29, 0.717) is 0 Å². The van der Waals surface area contributed by atoms with Crippen LogP contribution in [0.5, 0.6) is 5.75 Å². The van der Waals surface area contributed by atoms with Gasteiger partial charge in [-0.25, -0.2) is 9.48 Å². The third kappa shape index (κ3) is 5.08. The maximum atomic E-state index is 12.7. The van der Waals surface area contributed by atoms with Crippen molar-refractivity contribution in [1.82, 2.24) is 19.2 Å². The Bertz CT molecular complexity index is 1150. The van der Waals surface area contributed by atoms with Gasteiger partial charge in [-0.2, -0.15) is 0 Å². The minimum absolute atomic E-state index is 0.0969. The summed E-state index contributed by atoms with van der Waals surface area (Å²) < 4.78 is 7.63. The summed E-state index contributed by atoms with van der Waals surface area (Å²) in [7, 11) is 3.10. The van der Waals surface area contributed by atoms with Crippen molar-refractivity contribution < 1.29 is 4.74 Å². The van der Waals surface area contributed by atoms with Crippen LogP contribution >= 0.6 is 0 Å². The summed E-state index contributed by atoms with van der Waals surface area (Å²) in [5.41, 5.74) is 1.33. The molecule has 168 valence electrons. The normalized spacial score (nSPS) is 16.6. The molecule has 32 heavy (non-hydrogen) atoms. The van der Waals surface area contributed by atoms with Crippen LogP contribution in [0, 0.1) is 0 Å². The number of methoxy groups -OCH3 is 1. The summed E-state index contributed by atoms with van der Waals surface area (Å²) in [5, 5.41) is 7.70. The molecule has 0 radical (unpaired) electrons. The van der Waals surface area contributed by atoms with Crippen LogP contribution in [0.2, 0.25) is 0 Å². The zero-order valence-corrected chi connectivity index (χ0v) is 18.5. The molecule has 1 N–H and O–H groups in total. The van der Waals surface area contributed by atoms with Gasteiger partial charge in [0.05, 0.1) is 13.7 Å². The number of nitrogens with zero attached hydrogens (tertiary/aromatic N) is 4. The molecule has 0 saturated carbocycles. The van der Waals surface area contributed by atoms with Gasteiger partial charge in [-0.15, -0.1) is 5.10 Å². The molecule has 8 heteroatoms. The Balaban J connectivity index is 1.50. The molecule has 0 amide bonds. The fourth-order valence-corrected chi connectivity index (χ4v) is 4.07. The molecule has 1 saturated heterocycles. The second-order valence-electron chi connectivity index (χ2n) is 8.21. The second kappa shape index (κ2) is 9.82. The molecule has 1 fully saturated rings. The minimum atomic E-state index is -0.439. The molecule has 1 atom stereocenters. The molecular weight excluding hydrogens is 406 g/mol. The second-order valence-corrected chi connectivity index (χ2v) is 8.21. The zero-order chi connectivity index (χ0) is 22.5. The number of rotatable bonds is 7. The quantitative estimate of drug-likeness (QED) is 0.612. The molecule has 8 nitrogen and oxygen atoms in total. The minimum Gasteiger partial charge on any atom is -0.497 e. The monoisotopic (exact) mass is 435 g/mol. The summed E-state index contributed by atoms with van der Waals surface area (Å²) in [6.45, 7) is 2.99. The van der Waals surface area contributed by atoms with Crippen molar-refractivity contribution in [2.45, 2.75) is 32.0 Å². The van der Waals surface area contributed by atoms with Gasteiger partial charge < -0.3 is 10.1 Å². The Morgan fingerprint density at radius 2 is 1.75 bits per heavy atom. The zero-order valence-electron chi connectivity index (χ0n) is 18.5. The van der Waals surface area contributed by atoms with Gasteiger partial charge in [-0.05, 0) is 42.6 Å². The van der Waals surface area contributed by atoms with E-state index in [0.717, 1.165) is 48.4 Å². The molecule has 3 aromatic rings. The van der Waals surface area contributed by atoms with E-state index in [9.17, 15) is 9.59 Å². The summed E-state index contributed by atoms with van der Waals surface area (Å²) in [4.78, 5) is 27.7. The van der Waals surface area contributed by atoms with Gasteiger partial charge in [0.15, 0.2) is 0 Å². The first kappa shape index (κ1) is 21.8. The third-order valence-corrected chi connectivity index (χ3v) is 5.82. The highest BCUT2D eigenvalue weighted by Gasteiger charge is 2.22. The fourth-order valence-electron chi connectivity index (χ4n) is 4.07. The Labute approximate surface area is 187 Å². The van der Waals surface area contributed by atoms with E-state index in [4.69, 9.17) is 4.74 Å². The Morgan fingerprint density at radius 3 is 2.47 bits per heavy atom. The maximum absolute atomic E-state index is 12.7. The number of likely N-dealkylation sites (tertiary alicyclic amines) is 1. The molecule has 1 aliphatic heterocycles. The average Bonchev–Trinajstić information content (AvgIpc) is 2.82. The molecule has 0 bridgehead atoms. The highest BCUT2D eigenvalue weighted by molar-refractivity contribution is 5.32. The van der Waals surface area contributed by atoms with Crippen molar-refractivity contribution in [2.24, 2.45) is 7.05 Å². The number of piperidine rings is 1. The van der Waals surface area contributed by atoms with E-state index in [1.165, 1.54) is 17.3 Å². The summed E-state index contributed by atoms with van der Waals surface area (Å²) >= 11 is 0. The van der Waals surface area contributed by atoms with E-state index in [-0.39, 0.29) is 18.4 Å². The molecule has 0 aliphatic carbocycles. The van der Waals surface area contributed by atoms with Crippen LogP contribution in [-0.4, -0.2) is 45.5 Å². The highest BCUT2D eigenvalue weighted by Crippen LogP contribution is 2.16. The van der Waals surface area contributed by atoms with Crippen LogP contribution in [0.25, 0.3) is 0 Å². The van der Waals surface area contributed by atoms with Gasteiger partial charge in [0.1, 0.15) is 5.75 Å². The van der Waals surface area contributed by atoms with Gasteiger partial charge >= 0.3 is 5.69 Å². The number of hydrogen-bond acceptors (Lipinski definition) is 6. The van der Waals surface area contributed by atoms with Gasteiger partial charge in [0, 0.05) is 26.2 Å². The van der Waals surface area contributed by atoms with E-state index >= 15 is 0 Å². The van der Waals surface area contributed by atoms with Gasteiger partial charge in [-0.1, -0.05) is 42.5 Å². The van der Waals surface area contributed by atoms with Gasteiger partial charge in [0.2, 0.25) is 5.82 Å². The van der Waals surface area contributed by atoms with Crippen molar-refractivity contribution in [3.63, 3.8) is 0 Å². The van der Waals surface area contributed by atoms with Crippen molar-refractivity contribution >= 4 is 5.82 Å². The molecule has 2 heterocycles. The number of nitrogens with one attached hydrogen (secondary N) is 1. The summed E-state index contributed by atoms with van der Waals surface area (Å²) in [6.07, 6.45) is 1.99. The van der Waals surface area contributed by atoms with Crippen LogP contribution in [0.1, 0.15) is 24.0 Å². The molecule has 1 aliphatic rings. The number of benzene rings is 2. The van der Waals surface area contributed by atoms with E-state index in [1.54, 1.807) is 7.11 Å². The van der Waals surface area contributed by atoms with E-state index < -0.39 is 11.2 Å². The first-order valence-electron chi connectivity index (χ1n) is 10.9. The number of hydrogen-bond donors (Lipinski definition) is 1. The molecular formula is C24H29N5O3. The highest BCUT2D eigenvalue weighted by atomic mass is 16.5. The largest absolute Gasteiger partial charge is 0.497 e. The SMILES string of the molecule is COc1ccc(Cn2nc(N[C@@H]3CCCN(Cc4ccccc4)C3)c(=O)n(C)c2=O)cc1. The van der Waals surface area contributed by atoms with Crippen molar-refractivity contribution in [1.29, 1.82) is 0 Å². The Morgan fingerprint density at radius 1 is 1.03 bits per heavy atom. The fraction of sp³-hybridized carbons (Fsp3) is 0.375. The lowest BCUT2D eigenvalue weighted by Crippen LogP contribution is -2.46. The third-order valence-electron chi connectivity index (χ3n) is 5.82. The first-order valence-corrected chi connectivity index (χ1v) is 10.9. The van der Waals surface area contributed by atoms with Crippen LogP contribution in [0.15, 0.2) is 64.2 Å². The molecule has 0 spiro atoms. The van der Waals surface area contributed by atoms with Crippen molar-refractivity contribution in [3.05, 3.63) is 86.6 Å². The first-order chi connectivity index (χ1) is 15.5. The van der Waals surface area contributed by atoms with Crippen molar-refractivity contribution in [3.8, 4) is 5.75 Å². The predicted octanol–water partition coefficient (Wildman–Crippen LogP) is 2.08. The van der Waals surface area contributed by atoms with Gasteiger partial charge in [-0.3, -0.25) is 14.3 Å². The Hall–Kier alpha value is -3.39. The standard InChI is InChI=1S/C24H29N5O3/c1-27-23(30)22(26-29(24(27)31)16-19-10-12-21(32-2)13-11-19)25-20-9-6-14-28(17-20)15-18-7-4-3-5-8-18/h3-5,7-8,10-13,20H,6,9,14-17H2,1-2H3,(H,25,26)/t20-/m1/s1. The van der Waals surface area contributed by atoms with Crippen LogP contribution in [0.4, 0.5) is 5.82 Å². The van der Waals surface area contributed by atoms with Crippen LogP contribution in [0.3, 0.4) is 0 Å². The van der Waals surface area contributed by atoms with Crippen molar-refractivity contribution in [2.75, 3.05) is 25.5 Å². The van der Waals surface area contributed by atoms with E-state index in [2.05, 4.69) is 39.6 Å². The Kier molecular flexibility index (Phi) is 6.70. The predicted molar refractivity (Wildman–Crippen MR) is 124 cm³/mol. The molecule has 4 rings (SSSR count). The number of aromatic nitrogens is 3.